The van der Waals surface area contributed by atoms with Gasteiger partial charge >= 0.3 is 0 Å². The molecular formula is C17H17ClF2N2O3. The highest BCUT2D eigenvalue weighted by atomic mass is 35.5. The van der Waals surface area contributed by atoms with E-state index in [4.69, 9.17) is 16.7 Å². The van der Waals surface area contributed by atoms with Gasteiger partial charge in [-0.1, -0.05) is 17.7 Å². The Balaban J connectivity index is 2.22. The monoisotopic (exact) mass is 370 g/mol. The number of aromatic nitrogens is 1. The summed E-state index contributed by atoms with van der Waals surface area (Å²) < 4.78 is 29.2. The van der Waals surface area contributed by atoms with Crippen LogP contribution in [0, 0.1) is 5.82 Å². The summed E-state index contributed by atoms with van der Waals surface area (Å²) in [6.07, 6.45) is 0.886. The Labute approximate surface area is 148 Å². The number of hydrogen-bond acceptors (Lipinski definition) is 4. The van der Waals surface area contributed by atoms with Gasteiger partial charge in [0, 0.05) is 29.9 Å². The minimum absolute atomic E-state index is 0.00639. The molecule has 0 aliphatic carbocycles. The highest BCUT2D eigenvalue weighted by Crippen LogP contribution is 2.36. The molecule has 5 nitrogen and oxygen atoms in total. The number of carbonyl (C=O) groups excluding carboxylic acids is 1. The summed E-state index contributed by atoms with van der Waals surface area (Å²) in [5.74, 6) is -2.30. The molecule has 0 radical (unpaired) electrons. The zero-order valence-electron chi connectivity index (χ0n) is 13.2. The van der Waals surface area contributed by atoms with Crippen molar-refractivity contribution in [3.05, 3.63) is 58.5 Å². The summed E-state index contributed by atoms with van der Waals surface area (Å²) in [7, 11) is 0. The van der Waals surface area contributed by atoms with E-state index in [2.05, 4.69) is 10.3 Å². The normalized spacial score (nSPS) is 13.3. The van der Waals surface area contributed by atoms with Crippen molar-refractivity contribution >= 4 is 17.5 Å². The molecular weight excluding hydrogens is 354 g/mol. The number of nitrogens with one attached hydrogen (secondary N) is 1. The van der Waals surface area contributed by atoms with E-state index in [9.17, 15) is 14.3 Å². The fourth-order valence-electron chi connectivity index (χ4n) is 2.38. The topological polar surface area (TPSA) is 82.5 Å². The molecule has 0 fully saturated rings. The molecule has 0 spiro atoms. The molecule has 134 valence electrons. The van der Waals surface area contributed by atoms with E-state index >= 15 is 4.39 Å². The summed E-state index contributed by atoms with van der Waals surface area (Å²) in [6, 6.07) is 6.54. The largest absolute Gasteiger partial charge is 0.493 e. The number of aliphatic hydroxyl groups is 1. The van der Waals surface area contributed by atoms with Crippen LogP contribution < -0.4 is 5.32 Å². The van der Waals surface area contributed by atoms with Crippen molar-refractivity contribution in [1.29, 1.82) is 0 Å². The van der Waals surface area contributed by atoms with E-state index in [1.165, 1.54) is 30.5 Å². The fourth-order valence-corrected chi connectivity index (χ4v) is 2.54. The molecule has 0 saturated heterocycles. The van der Waals surface area contributed by atoms with Gasteiger partial charge in [0.05, 0.1) is 5.56 Å². The number of aliphatic hydroxyl groups excluding tert-OH is 1. The second-order valence-electron chi connectivity index (χ2n) is 5.42. The Hall–Kier alpha value is -2.25. The summed E-state index contributed by atoms with van der Waals surface area (Å²) in [5, 5.41) is 21.3. The minimum Gasteiger partial charge on any atom is -0.493 e. The summed E-state index contributed by atoms with van der Waals surface area (Å²) in [5.41, 5.74) is -2.78. The van der Waals surface area contributed by atoms with Gasteiger partial charge in [0.15, 0.2) is 0 Å². The molecule has 0 bridgehead atoms. The van der Waals surface area contributed by atoms with Gasteiger partial charge < -0.3 is 15.5 Å². The zero-order chi connectivity index (χ0) is 18.4. The average Bonchev–Trinajstić information content (AvgIpc) is 2.59. The number of amides is 1. The lowest BCUT2D eigenvalue weighted by Gasteiger charge is -2.25. The van der Waals surface area contributed by atoms with Crippen LogP contribution in [0.4, 0.5) is 8.78 Å². The third kappa shape index (κ3) is 4.43. The van der Waals surface area contributed by atoms with E-state index in [-0.39, 0.29) is 42.1 Å². The molecule has 0 aliphatic heterocycles. The van der Waals surface area contributed by atoms with Gasteiger partial charge in [-0.05, 0) is 37.1 Å². The number of benzene rings is 1. The first-order valence-electron chi connectivity index (χ1n) is 7.55. The van der Waals surface area contributed by atoms with E-state index in [1.54, 1.807) is 0 Å². The van der Waals surface area contributed by atoms with Crippen molar-refractivity contribution in [2.24, 2.45) is 0 Å². The molecule has 1 aromatic carbocycles. The standard InChI is InChI=1S/C17H17ClF2N2O3/c18-12-5-4-11(14(19)9-12)10-22-16(25)17(20,6-2-8-23)13-3-1-7-21-15(13)24/h1,3-5,7,9,23H,2,6,8,10H2,(H,21,24)(H,22,25)/t17-/m0/s1. The van der Waals surface area contributed by atoms with Gasteiger partial charge in [-0.25, -0.2) is 13.8 Å². The molecule has 2 aromatic rings. The third-order valence-corrected chi connectivity index (χ3v) is 3.94. The smallest absolute Gasteiger partial charge is 0.262 e. The Morgan fingerprint density at radius 1 is 1.36 bits per heavy atom. The number of halogens is 3. The maximum absolute atomic E-state index is 15.4. The highest BCUT2D eigenvalue weighted by molar-refractivity contribution is 6.30. The number of aromatic hydroxyl groups is 1. The van der Waals surface area contributed by atoms with Gasteiger partial charge in [-0.15, -0.1) is 0 Å². The van der Waals surface area contributed by atoms with Crippen LogP contribution in [-0.2, 0) is 17.0 Å². The van der Waals surface area contributed by atoms with Crippen molar-refractivity contribution in [2.45, 2.75) is 25.1 Å². The van der Waals surface area contributed by atoms with E-state index in [0.717, 1.165) is 6.07 Å². The molecule has 1 aromatic heterocycles. The molecule has 0 unspecified atom stereocenters. The quantitative estimate of drug-likeness (QED) is 0.700. The first kappa shape index (κ1) is 19.1. The van der Waals surface area contributed by atoms with Crippen LogP contribution in [0.5, 0.6) is 5.88 Å². The lowest BCUT2D eigenvalue weighted by atomic mass is 9.90. The van der Waals surface area contributed by atoms with Gasteiger partial charge in [0.2, 0.25) is 11.5 Å². The predicted molar refractivity (Wildman–Crippen MR) is 88.3 cm³/mol. The second kappa shape index (κ2) is 8.22. The predicted octanol–water partition coefficient (Wildman–Crippen LogP) is 2.83. The van der Waals surface area contributed by atoms with Crippen molar-refractivity contribution in [3.8, 4) is 5.88 Å². The molecule has 1 amide bonds. The van der Waals surface area contributed by atoms with Crippen LogP contribution in [0.25, 0.3) is 0 Å². The number of nitrogens with zero attached hydrogens (tertiary/aromatic N) is 1. The number of alkyl halides is 1. The third-order valence-electron chi connectivity index (χ3n) is 3.71. The van der Waals surface area contributed by atoms with Crippen LogP contribution in [0.2, 0.25) is 5.02 Å². The zero-order valence-corrected chi connectivity index (χ0v) is 13.9. The van der Waals surface area contributed by atoms with Gasteiger partial charge in [0.1, 0.15) is 5.82 Å². The van der Waals surface area contributed by atoms with E-state index in [0.29, 0.717) is 0 Å². The van der Waals surface area contributed by atoms with Gasteiger partial charge in [-0.3, -0.25) is 4.79 Å². The lowest BCUT2D eigenvalue weighted by Crippen LogP contribution is -2.41. The number of pyridine rings is 1. The Bertz CT molecular complexity index is 760. The maximum Gasteiger partial charge on any atom is 0.262 e. The molecule has 1 atom stereocenters. The Morgan fingerprint density at radius 2 is 2.12 bits per heavy atom. The number of rotatable bonds is 7. The summed E-state index contributed by atoms with van der Waals surface area (Å²) >= 11 is 5.66. The van der Waals surface area contributed by atoms with Crippen LogP contribution in [0.1, 0.15) is 24.0 Å². The molecule has 1 heterocycles. The lowest BCUT2D eigenvalue weighted by molar-refractivity contribution is -0.134. The maximum atomic E-state index is 15.4. The van der Waals surface area contributed by atoms with Crippen molar-refractivity contribution in [1.82, 2.24) is 10.3 Å². The summed E-state index contributed by atoms with van der Waals surface area (Å²) in [4.78, 5) is 16.0. The molecule has 0 aliphatic rings. The molecule has 8 heteroatoms. The van der Waals surface area contributed by atoms with Crippen LogP contribution >= 0.6 is 11.6 Å². The molecule has 0 saturated carbocycles. The first-order valence-corrected chi connectivity index (χ1v) is 7.92. The van der Waals surface area contributed by atoms with E-state index in [1.807, 2.05) is 0 Å². The van der Waals surface area contributed by atoms with Gasteiger partial charge in [-0.2, -0.15) is 0 Å². The highest BCUT2D eigenvalue weighted by Gasteiger charge is 2.42. The van der Waals surface area contributed by atoms with Gasteiger partial charge in [0.25, 0.3) is 5.91 Å². The molecule has 3 N–H and O–H groups in total. The Morgan fingerprint density at radius 3 is 2.76 bits per heavy atom. The van der Waals surface area contributed by atoms with Crippen molar-refractivity contribution in [3.63, 3.8) is 0 Å². The minimum atomic E-state index is -2.61. The number of hydrogen-bond donors (Lipinski definition) is 3. The average molecular weight is 371 g/mol. The molecule has 2 rings (SSSR count). The SMILES string of the molecule is O=C(NCc1ccc(Cl)cc1F)[C@](F)(CCCO)c1cccnc1O. The summed E-state index contributed by atoms with van der Waals surface area (Å²) in [6.45, 7) is -0.584. The van der Waals surface area contributed by atoms with Crippen molar-refractivity contribution in [2.75, 3.05) is 6.61 Å². The fraction of sp³-hybridized carbons (Fsp3) is 0.294. The molecule has 25 heavy (non-hydrogen) atoms. The Kier molecular flexibility index (Phi) is 6.27. The second-order valence-corrected chi connectivity index (χ2v) is 5.86. The van der Waals surface area contributed by atoms with Crippen LogP contribution in [0.15, 0.2) is 36.5 Å². The van der Waals surface area contributed by atoms with Crippen LogP contribution in [0.3, 0.4) is 0 Å². The van der Waals surface area contributed by atoms with Crippen LogP contribution in [-0.4, -0.2) is 27.7 Å². The first-order chi connectivity index (χ1) is 11.9. The van der Waals surface area contributed by atoms with E-state index < -0.39 is 23.3 Å². The van der Waals surface area contributed by atoms with Crippen molar-refractivity contribution < 1.29 is 23.8 Å². The number of carbonyl (C=O) groups is 1.